The van der Waals surface area contributed by atoms with Crippen molar-refractivity contribution in [2.24, 2.45) is 7.05 Å². The second-order valence-corrected chi connectivity index (χ2v) is 4.19. The van der Waals surface area contributed by atoms with Gasteiger partial charge in [-0.1, -0.05) is 6.92 Å². The highest BCUT2D eigenvalue weighted by Crippen LogP contribution is 2.00. The van der Waals surface area contributed by atoms with Crippen LogP contribution < -0.4 is 5.69 Å². The summed E-state index contributed by atoms with van der Waals surface area (Å²) in [5.41, 5.74) is -0.0264. The topological polar surface area (TPSA) is 39.8 Å². The Morgan fingerprint density at radius 1 is 1.62 bits per heavy atom. The van der Waals surface area contributed by atoms with Gasteiger partial charge < -0.3 is 0 Å². The van der Waals surface area contributed by atoms with Crippen LogP contribution in [-0.2, 0) is 13.6 Å². The number of rotatable bonds is 5. The van der Waals surface area contributed by atoms with Crippen LogP contribution in [0.1, 0.15) is 13.3 Å². The Labute approximate surface area is 81.9 Å². The number of nitrogens with zero attached hydrogens (tertiary/aromatic N) is 3. The molecule has 0 aliphatic rings. The zero-order valence-electron chi connectivity index (χ0n) is 8.06. The first-order valence-electron chi connectivity index (χ1n) is 4.42. The summed E-state index contributed by atoms with van der Waals surface area (Å²) >= 11 is 1.89. The van der Waals surface area contributed by atoms with E-state index in [0.717, 1.165) is 24.5 Å². The van der Waals surface area contributed by atoms with E-state index in [0.29, 0.717) is 0 Å². The van der Waals surface area contributed by atoms with E-state index in [1.807, 2.05) is 11.8 Å². The standard InChI is InChI=1S/C8H15N3OS/c1-3-13-6-4-5-11-8(12)10(2)7-9-11/h7H,3-6H2,1-2H3. The fourth-order valence-electron chi connectivity index (χ4n) is 1.03. The fraction of sp³-hybridized carbons (Fsp3) is 0.750. The predicted molar refractivity (Wildman–Crippen MR) is 55.1 cm³/mol. The first-order valence-corrected chi connectivity index (χ1v) is 5.57. The summed E-state index contributed by atoms with van der Waals surface area (Å²) in [7, 11) is 1.71. The molecule has 0 unspecified atom stereocenters. The summed E-state index contributed by atoms with van der Waals surface area (Å²) in [5, 5.41) is 3.97. The number of hydrogen-bond donors (Lipinski definition) is 0. The van der Waals surface area contributed by atoms with E-state index in [9.17, 15) is 4.79 Å². The third-order valence-corrected chi connectivity index (χ3v) is 2.74. The van der Waals surface area contributed by atoms with Crippen molar-refractivity contribution < 1.29 is 0 Å². The van der Waals surface area contributed by atoms with Crippen molar-refractivity contribution in [3.05, 3.63) is 16.8 Å². The van der Waals surface area contributed by atoms with Crippen LogP contribution in [0.3, 0.4) is 0 Å². The summed E-state index contributed by atoms with van der Waals surface area (Å²) in [4.78, 5) is 11.3. The van der Waals surface area contributed by atoms with Crippen molar-refractivity contribution in [2.75, 3.05) is 11.5 Å². The van der Waals surface area contributed by atoms with Gasteiger partial charge in [0.15, 0.2) is 0 Å². The molecule has 0 aliphatic heterocycles. The predicted octanol–water partition coefficient (Wildman–Crippen LogP) is 0.725. The highest BCUT2D eigenvalue weighted by Gasteiger charge is 1.99. The van der Waals surface area contributed by atoms with Gasteiger partial charge in [0.2, 0.25) is 0 Å². The van der Waals surface area contributed by atoms with Crippen molar-refractivity contribution >= 4 is 11.8 Å². The lowest BCUT2D eigenvalue weighted by molar-refractivity contribution is 0.577. The lowest BCUT2D eigenvalue weighted by Gasteiger charge is -1.98. The summed E-state index contributed by atoms with van der Waals surface area (Å²) < 4.78 is 3.00. The van der Waals surface area contributed by atoms with Gasteiger partial charge >= 0.3 is 5.69 Å². The lowest BCUT2D eigenvalue weighted by atomic mass is 10.5. The second kappa shape index (κ2) is 5.11. The first-order chi connectivity index (χ1) is 6.25. The second-order valence-electron chi connectivity index (χ2n) is 2.80. The Morgan fingerprint density at radius 2 is 2.38 bits per heavy atom. The normalized spacial score (nSPS) is 10.6. The summed E-state index contributed by atoms with van der Waals surface area (Å²) in [5.74, 6) is 2.23. The summed E-state index contributed by atoms with van der Waals surface area (Å²) in [6.07, 6.45) is 2.56. The Hall–Kier alpha value is -0.710. The average molecular weight is 201 g/mol. The molecule has 13 heavy (non-hydrogen) atoms. The van der Waals surface area contributed by atoms with Crippen LogP contribution in [0.25, 0.3) is 0 Å². The molecule has 0 amide bonds. The van der Waals surface area contributed by atoms with Gasteiger partial charge in [-0.3, -0.25) is 4.57 Å². The maximum absolute atomic E-state index is 11.3. The minimum Gasteiger partial charge on any atom is -0.285 e. The Balaban J connectivity index is 2.37. The molecular formula is C8H15N3OS. The molecule has 0 saturated carbocycles. The van der Waals surface area contributed by atoms with Crippen molar-refractivity contribution in [1.29, 1.82) is 0 Å². The van der Waals surface area contributed by atoms with Gasteiger partial charge in [-0.2, -0.15) is 16.9 Å². The van der Waals surface area contributed by atoms with Crippen LogP contribution in [0.4, 0.5) is 0 Å². The van der Waals surface area contributed by atoms with Gasteiger partial charge in [-0.05, 0) is 17.9 Å². The molecule has 0 aliphatic carbocycles. The highest BCUT2D eigenvalue weighted by atomic mass is 32.2. The van der Waals surface area contributed by atoms with Gasteiger partial charge in [-0.15, -0.1) is 0 Å². The van der Waals surface area contributed by atoms with Gasteiger partial charge in [0.1, 0.15) is 6.33 Å². The van der Waals surface area contributed by atoms with Gasteiger partial charge in [0.25, 0.3) is 0 Å². The maximum atomic E-state index is 11.3. The van der Waals surface area contributed by atoms with E-state index in [4.69, 9.17) is 0 Å². The molecule has 0 bridgehead atoms. The molecule has 4 nitrogen and oxygen atoms in total. The molecule has 0 N–H and O–H groups in total. The van der Waals surface area contributed by atoms with Crippen LogP contribution in [0.5, 0.6) is 0 Å². The van der Waals surface area contributed by atoms with E-state index in [1.54, 1.807) is 13.4 Å². The average Bonchev–Trinajstić information content (AvgIpc) is 2.43. The number of aromatic nitrogens is 3. The van der Waals surface area contributed by atoms with Crippen LogP contribution in [0, 0.1) is 0 Å². The van der Waals surface area contributed by atoms with Gasteiger partial charge in [0.05, 0.1) is 0 Å². The molecule has 1 aromatic heterocycles. The molecule has 1 rings (SSSR count). The number of hydrogen-bond acceptors (Lipinski definition) is 3. The zero-order valence-corrected chi connectivity index (χ0v) is 8.88. The molecule has 0 radical (unpaired) electrons. The SMILES string of the molecule is CCSCCCn1ncn(C)c1=O. The Kier molecular flexibility index (Phi) is 4.08. The maximum Gasteiger partial charge on any atom is 0.345 e. The van der Waals surface area contributed by atoms with Gasteiger partial charge in [0, 0.05) is 13.6 Å². The number of thioether (sulfide) groups is 1. The van der Waals surface area contributed by atoms with Crippen LogP contribution in [0.2, 0.25) is 0 Å². The molecule has 0 fully saturated rings. The van der Waals surface area contributed by atoms with Gasteiger partial charge in [-0.25, -0.2) is 9.48 Å². The minimum absolute atomic E-state index is 0.0264. The third-order valence-electron chi connectivity index (χ3n) is 1.75. The molecule has 74 valence electrons. The summed E-state index contributed by atoms with van der Waals surface area (Å²) in [6.45, 7) is 2.87. The molecule has 0 aromatic carbocycles. The molecule has 1 heterocycles. The van der Waals surface area contributed by atoms with E-state index in [1.165, 1.54) is 9.25 Å². The highest BCUT2D eigenvalue weighted by molar-refractivity contribution is 7.99. The molecule has 0 spiro atoms. The summed E-state index contributed by atoms with van der Waals surface area (Å²) in [6, 6.07) is 0. The van der Waals surface area contributed by atoms with Crippen molar-refractivity contribution in [1.82, 2.24) is 14.3 Å². The smallest absolute Gasteiger partial charge is 0.285 e. The van der Waals surface area contributed by atoms with Crippen molar-refractivity contribution in [3.8, 4) is 0 Å². The molecular weight excluding hydrogens is 186 g/mol. The Bertz CT molecular complexity index is 305. The van der Waals surface area contributed by atoms with Crippen molar-refractivity contribution in [2.45, 2.75) is 19.9 Å². The van der Waals surface area contributed by atoms with Crippen LogP contribution >= 0.6 is 11.8 Å². The largest absolute Gasteiger partial charge is 0.345 e. The third kappa shape index (κ3) is 2.91. The lowest BCUT2D eigenvalue weighted by Crippen LogP contribution is -2.23. The Morgan fingerprint density at radius 3 is 2.92 bits per heavy atom. The minimum atomic E-state index is -0.0264. The van der Waals surface area contributed by atoms with E-state index in [2.05, 4.69) is 12.0 Å². The fourth-order valence-corrected chi connectivity index (χ4v) is 1.66. The quantitative estimate of drug-likeness (QED) is 0.659. The molecule has 1 aromatic rings. The van der Waals surface area contributed by atoms with E-state index in [-0.39, 0.29) is 5.69 Å². The monoisotopic (exact) mass is 201 g/mol. The number of aryl methyl sites for hydroxylation is 2. The first kappa shape index (κ1) is 10.4. The molecule has 0 saturated heterocycles. The molecule has 5 heteroatoms. The zero-order chi connectivity index (χ0) is 9.68. The van der Waals surface area contributed by atoms with E-state index >= 15 is 0 Å². The van der Waals surface area contributed by atoms with Crippen LogP contribution in [0.15, 0.2) is 11.1 Å². The van der Waals surface area contributed by atoms with Crippen molar-refractivity contribution in [3.63, 3.8) is 0 Å². The van der Waals surface area contributed by atoms with E-state index < -0.39 is 0 Å². The van der Waals surface area contributed by atoms with Crippen LogP contribution in [-0.4, -0.2) is 25.9 Å². The molecule has 0 atom stereocenters.